The first-order valence-corrected chi connectivity index (χ1v) is 7.32. The maximum Gasteiger partial charge on any atom is 0.410 e. The maximum absolute atomic E-state index is 11.4. The van der Waals surface area contributed by atoms with Gasteiger partial charge in [0.1, 0.15) is 6.10 Å². The second-order valence-corrected chi connectivity index (χ2v) is 3.98. The molecule has 1 saturated carbocycles. The molecule has 3 heteroatoms. The van der Waals surface area contributed by atoms with Gasteiger partial charge >= 0.3 is 6.09 Å². The smallest absolute Gasteiger partial charge is 0.410 e. The molecular weight excluding hydrogens is 214 g/mol. The van der Waals surface area contributed by atoms with Crippen molar-refractivity contribution >= 4 is 6.09 Å². The normalized spacial score (nSPS) is 18.9. The predicted molar refractivity (Wildman–Crippen MR) is 72.2 cm³/mol. The first-order valence-electron chi connectivity index (χ1n) is 7.32. The fourth-order valence-electron chi connectivity index (χ4n) is 1.90. The van der Waals surface area contributed by atoms with Crippen LogP contribution in [0.3, 0.4) is 0 Å². The van der Waals surface area contributed by atoms with Crippen molar-refractivity contribution in [2.24, 2.45) is 0 Å². The molecule has 0 spiro atoms. The SMILES string of the molecule is CC.CC.O=C(OC1CCCCC1)N1CCC1. The molecule has 1 amide bonds. The minimum atomic E-state index is -0.0850. The van der Waals surface area contributed by atoms with E-state index in [4.69, 9.17) is 4.74 Å². The molecule has 102 valence electrons. The average molecular weight is 243 g/mol. The summed E-state index contributed by atoms with van der Waals surface area (Å²) in [5.74, 6) is 0. The maximum atomic E-state index is 11.4. The summed E-state index contributed by atoms with van der Waals surface area (Å²) in [6.07, 6.45) is 7.15. The zero-order chi connectivity index (χ0) is 13.1. The second kappa shape index (κ2) is 10.4. The van der Waals surface area contributed by atoms with Gasteiger partial charge in [-0.1, -0.05) is 34.1 Å². The minimum Gasteiger partial charge on any atom is -0.446 e. The number of carbonyl (C=O) groups excluding carboxylic acids is 1. The lowest BCUT2D eigenvalue weighted by Crippen LogP contribution is -2.43. The molecule has 0 radical (unpaired) electrons. The van der Waals surface area contributed by atoms with Gasteiger partial charge in [-0.25, -0.2) is 4.79 Å². The van der Waals surface area contributed by atoms with E-state index in [1.54, 1.807) is 4.90 Å². The van der Waals surface area contributed by atoms with Crippen LogP contribution >= 0.6 is 0 Å². The van der Waals surface area contributed by atoms with E-state index in [1.807, 2.05) is 27.7 Å². The van der Waals surface area contributed by atoms with Gasteiger partial charge < -0.3 is 9.64 Å². The van der Waals surface area contributed by atoms with Crippen LogP contribution in [0.25, 0.3) is 0 Å². The molecule has 17 heavy (non-hydrogen) atoms. The summed E-state index contributed by atoms with van der Waals surface area (Å²) < 4.78 is 5.38. The highest BCUT2D eigenvalue weighted by molar-refractivity contribution is 5.68. The molecule has 0 N–H and O–H groups in total. The van der Waals surface area contributed by atoms with E-state index in [0.29, 0.717) is 0 Å². The Morgan fingerprint density at radius 2 is 1.47 bits per heavy atom. The van der Waals surface area contributed by atoms with Crippen molar-refractivity contribution in [3.63, 3.8) is 0 Å². The van der Waals surface area contributed by atoms with Crippen molar-refractivity contribution in [2.45, 2.75) is 72.3 Å². The molecule has 1 saturated heterocycles. The number of likely N-dealkylation sites (tertiary alicyclic amines) is 1. The van der Waals surface area contributed by atoms with Crippen molar-refractivity contribution in [1.29, 1.82) is 0 Å². The molecule has 0 unspecified atom stereocenters. The molecule has 2 rings (SSSR count). The van der Waals surface area contributed by atoms with Gasteiger partial charge in [0.05, 0.1) is 0 Å². The van der Waals surface area contributed by atoms with Crippen LogP contribution in [0.5, 0.6) is 0 Å². The van der Waals surface area contributed by atoms with E-state index in [1.165, 1.54) is 19.3 Å². The Balaban J connectivity index is 0.000000581. The first kappa shape index (κ1) is 16.3. The van der Waals surface area contributed by atoms with Gasteiger partial charge in [0, 0.05) is 13.1 Å². The lowest BCUT2D eigenvalue weighted by Gasteiger charge is -2.32. The fourth-order valence-corrected chi connectivity index (χ4v) is 1.90. The monoisotopic (exact) mass is 243 g/mol. The molecule has 0 bridgehead atoms. The number of hydrogen-bond donors (Lipinski definition) is 0. The summed E-state index contributed by atoms with van der Waals surface area (Å²) in [5.41, 5.74) is 0. The zero-order valence-corrected chi connectivity index (χ0v) is 12.0. The highest BCUT2D eigenvalue weighted by Gasteiger charge is 2.25. The van der Waals surface area contributed by atoms with Crippen LogP contribution < -0.4 is 0 Å². The van der Waals surface area contributed by atoms with Crippen molar-refractivity contribution in [3.8, 4) is 0 Å². The number of ether oxygens (including phenoxy) is 1. The zero-order valence-electron chi connectivity index (χ0n) is 12.0. The van der Waals surface area contributed by atoms with E-state index in [-0.39, 0.29) is 12.2 Å². The van der Waals surface area contributed by atoms with Gasteiger partial charge in [-0.3, -0.25) is 0 Å². The number of hydrogen-bond acceptors (Lipinski definition) is 2. The third kappa shape index (κ3) is 5.94. The van der Waals surface area contributed by atoms with Crippen LogP contribution in [0.1, 0.15) is 66.2 Å². The van der Waals surface area contributed by atoms with Gasteiger partial charge in [-0.15, -0.1) is 0 Å². The molecule has 0 aromatic carbocycles. The molecule has 2 fully saturated rings. The Kier molecular flexibility index (Phi) is 9.98. The Bertz CT molecular complexity index is 185. The first-order chi connectivity index (χ1) is 8.36. The van der Waals surface area contributed by atoms with Gasteiger partial charge in [0.15, 0.2) is 0 Å². The molecule has 1 heterocycles. The van der Waals surface area contributed by atoms with Crippen LogP contribution in [-0.2, 0) is 4.74 Å². The number of carbonyl (C=O) groups is 1. The van der Waals surface area contributed by atoms with Crippen molar-refractivity contribution in [1.82, 2.24) is 4.90 Å². The molecule has 2 aliphatic rings. The standard InChI is InChI=1S/C10H17NO2.2C2H6/c12-10(11-7-4-8-11)13-9-5-2-1-3-6-9;2*1-2/h9H,1-8H2;2*1-2H3. The van der Waals surface area contributed by atoms with Crippen LogP contribution in [0.4, 0.5) is 4.79 Å². The molecular formula is C14H29NO2. The van der Waals surface area contributed by atoms with E-state index in [0.717, 1.165) is 32.4 Å². The van der Waals surface area contributed by atoms with Crippen LogP contribution in [0.15, 0.2) is 0 Å². The van der Waals surface area contributed by atoms with E-state index in [2.05, 4.69) is 0 Å². The third-order valence-corrected chi connectivity index (χ3v) is 2.93. The van der Waals surface area contributed by atoms with Crippen LogP contribution in [-0.4, -0.2) is 30.2 Å². The Labute approximate surface area is 107 Å². The van der Waals surface area contributed by atoms with Crippen LogP contribution in [0, 0.1) is 0 Å². The Hall–Kier alpha value is -0.730. The molecule has 0 aromatic rings. The molecule has 0 atom stereocenters. The minimum absolute atomic E-state index is 0.0850. The van der Waals surface area contributed by atoms with Crippen LogP contribution in [0.2, 0.25) is 0 Å². The van der Waals surface area contributed by atoms with E-state index >= 15 is 0 Å². The number of rotatable bonds is 1. The molecule has 1 aliphatic carbocycles. The van der Waals surface area contributed by atoms with Crippen molar-refractivity contribution in [3.05, 3.63) is 0 Å². The summed E-state index contributed by atoms with van der Waals surface area (Å²) in [7, 11) is 0. The summed E-state index contributed by atoms with van der Waals surface area (Å²) in [6, 6.07) is 0. The van der Waals surface area contributed by atoms with E-state index in [9.17, 15) is 4.79 Å². The van der Waals surface area contributed by atoms with E-state index < -0.39 is 0 Å². The number of amides is 1. The Morgan fingerprint density at radius 3 is 1.88 bits per heavy atom. The average Bonchev–Trinajstić information content (AvgIpc) is 2.33. The largest absolute Gasteiger partial charge is 0.446 e. The molecule has 0 aromatic heterocycles. The quantitative estimate of drug-likeness (QED) is 0.690. The van der Waals surface area contributed by atoms with Crippen molar-refractivity contribution in [2.75, 3.05) is 13.1 Å². The third-order valence-electron chi connectivity index (χ3n) is 2.93. The van der Waals surface area contributed by atoms with Gasteiger partial charge in [-0.05, 0) is 32.1 Å². The predicted octanol–water partition coefficient (Wildman–Crippen LogP) is 4.21. The number of nitrogens with zero attached hydrogens (tertiary/aromatic N) is 1. The highest BCUT2D eigenvalue weighted by atomic mass is 16.6. The summed E-state index contributed by atoms with van der Waals surface area (Å²) in [6.45, 7) is 9.79. The molecule has 1 aliphatic heterocycles. The van der Waals surface area contributed by atoms with Crippen molar-refractivity contribution < 1.29 is 9.53 Å². The van der Waals surface area contributed by atoms with Gasteiger partial charge in [-0.2, -0.15) is 0 Å². The highest BCUT2D eigenvalue weighted by Crippen LogP contribution is 2.21. The van der Waals surface area contributed by atoms with Gasteiger partial charge in [0.25, 0.3) is 0 Å². The van der Waals surface area contributed by atoms with Gasteiger partial charge in [0.2, 0.25) is 0 Å². The lowest BCUT2D eigenvalue weighted by molar-refractivity contribution is 0.0323. The topological polar surface area (TPSA) is 29.5 Å². The summed E-state index contributed by atoms with van der Waals surface area (Å²) in [4.78, 5) is 13.2. The summed E-state index contributed by atoms with van der Waals surface area (Å²) in [5, 5.41) is 0. The Morgan fingerprint density at radius 1 is 0.941 bits per heavy atom. The second-order valence-electron chi connectivity index (χ2n) is 3.98. The molecule has 3 nitrogen and oxygen atoms in total. The summed E-state index contributed by atoms with van der Waals surface area (Å²) >= 11 is 0. The fraction of sp³-hybridized carbons (Fsp3) is 0.929. The lowest BCUT2D eigenvalue weighted by atomic mass is 9.98.